The maximum Gasteiger partial charge on any atom is 0.249 e. The molecule has 0 radical (unpaired) electrons. The van der Waals surface area contributed by atoms with Crippen molar-refractivity contribution >= 4 is 23.1 Å². The van der Waals surface area contributed by atoms with E-state index in [1.54, 1.807) is 26.5 Å². The summed E-state index contributed by atoms with van der Waals surface area (Å²) < 4.78 is 10.6. The normalized spacial score (nSPS) is 10.6. The number of nitrogens with zero attached hydrogens (tertiary/aromatic N) is 3. The fourth-order valence-corrected chi connectivity index (χ4v) is 2.54. The van der Waals surface area contributed by atoms with Crippen LogP contribution in [0.1, 0.15) is 25.3 Å². The van der Waals surface area contributed by atoms with Crippen LogP contribution in [0.2, 0.25) is 0 Å². The second-order valence-corrected chi connectivity index (χ2v) is 6.26. The maximum absolute atomic E-state index is 5.38. The molecule has 3 rings (SSSR count). The van der Waals surface area contributed by atoms with Gasteiger partial charge in [-0.15, -0.1) is 5.10 Å². The fraction of sp³-hybridized carbons (Fsp3) is 0.250. The summed E-state index contributed by atoms with van der Waals surface area (Å²) >= 11 is 0. The molecule has 0 atom stereocenters. The monoisotopic (exact) mass is 365 g/mol. The highest BCUT2D eigenvalue weighted by Gasteiger charge is 2.08. The Morgan fingerprint density at radius 2 is 1.70 bits per heavy atom. The molecule has 0 aliphatic carbocycles. The van der Waals surface area contributed by atoms with Gasteiger partial charge < -0.3 is 20.1 Å². The smallest absolute Gasteiger partial charge is 0.249 e. The van der Waals surface area contributed by atoms with Crippen LogP contribution in [0.25, 0.3) is 0 Å². The minimum absolute atomic E-state index is 0.363. The third-order valence-corrected chi connectivity index (χ3v) is 4.06. The molecular weight excluding hydrogens is 342 g/mol. The third kappa shape index (κ3) is 4.63. The van der Waals surface area contributed by atoms with Gasteiger partial charge >= 0.3 is 0 Å². The van der Waals surface area contributed by atoms with E-state index < -0.39 is 0 Å². The zero-order valence-corrected chi connectivity index (χ0v) is 15.9. The van der Waals surface area contributed by atoms with Gasteiger partial charge in [0.05, 0.1) is 26.1 Å². The molecular formula is C20H23N5O2. The molecule has 1 heterocycles. The lowest BCUT2D eigenvalue weighted by atomic mass is 10.0. The zero-order valence-electron chi connectivity index (χ0n) is 15.9. The zero-order chi connectivity index (χ0) is 19.2. The molecule has 0 aliphatic rings. The van der Waals surface area contributed by atoms with Crippen LogP contribution in [0.3, 0.4) is 0 Å². The van der Waals surface area contributed by atoms with Crippen molar-refractivity contribution in [3.05, 3.63) is 54.2 Å². The van der Waals surface area contributed by atoms with E-state index in [-0.39, 0.29) is 0 Å². The van der Waals surface area contributed by atoms with Gasteiger partial charge in [-0.3, -0.25) is 0 Å². The molecule has 0 spiro atoms. The van der Waals surface area contributed by atoms with Crippen LogP contribution in [0.5, 0.6) is 11.5 Å². The van der Waals surface area contributed by atoms with Crippen LogP contribution in [0, 0.1) is 0 Å². The van der Waals surface area contributed by atoms with E-state index in [1.807, 2.05) is 24.3 Å². The standard InChI is InChI=1S/C20H23N5O2/c1-13(2)14-5-7-15(8-6-14)22-19-12-21-25-20(24-19)23-17-10-9-16(26-3)11-18(17)27-4/h5-13H,1-4H3,(H2,22,23,24,25). The van der Waals surface area contributed by atoms with E-state index in [1.165, 1.54) is 5.56 Å². The van der Waals surface area contributed by atoms with Gasteiger partial charge in [-0.05, 0) is 35.7 Å². The minimum atomic E-state index is 0.363. The molecule has 0 aliphatic heterocycles. The van der Waals surface area contributed by atoms with Gasteiger partial charge in [0.15, 0.2) is 5.82 Å². The van der Waals surface area contributed by atoms with Gasteiger partial charge in [-0.25, -0.2) is 0 Å². The van der Waals surface area contributed by atoms with Crippen LogP contribution in [0.15, 0.2) is 48.7 Å². The first-order chi connectivity index (χ1) is 13.1. The van der Waals surface area contributed by atoms with Crippen molar-refractivity contribution in [1.29, 1.82) is 0 Å². The Balaban J connectivity index is 1.76. The largest absolute Gasteiger partial charge is 0.497 e. The summed E-state index contributed by atoms with van der Waals surface area (Å²) in [7, 11) is 3.20. The van der Waals surface area contributed by atoms with E-state index in [4.69, 9.17) is 9.47 Å². The Morgan fingerprint density at radius 3 is 2.37 bits per heavy atom. The molecule has 3 aromatic rings. The van der Waals surface area contributed by atoms with Gasteiger partial charge in [0.1, 0.15) is 11.5 Å². The molecule has 27 heavy (non-hydrogen) atoms. The average molecular weight is 365 g/mol. The lowest BCUT2D eigenvalue weighted by Crippen LogP contribution is -2.03. The van der Waals surface area contributed by atoms with Crippen LogP contribution in [0.4, 0.5) is 23.1 Å². The molecule has 1 aromatic heterocycles. The average Bonchev–Trinajstić information content (AvgIpc) is 2.69. The predicted molar refractivity (Wildman–Crippen MR) is 106 cm³/mol. The molecule has 2 aromatic carbocycles. The number of nitrogens with one attached hydrogen (secondary N) is 2. The Hall–Kier alpha value is -3.35. The molecule has 0 unspecified atom stereocenters. The summed E-state index contributed by atoms with van der Waals surface area (Å²) in [5.74, 6) is 2.78. The van der Waals surface area contributed by atoms with Gasteiger partial charge in [0.25, 0.3) is 0 Å². The van der Waals surface area contributed by atoms with Crippen molar-refractivity contribution < 1.29 is 9.47 Å². The summed E-state index contributed by atoms with van der Waals surface area (Å²) in [5.41, 5.74) is 2.95. The molecule has 7 heteroatoms. The van der Waals surface area contributed by atoms with E-state index in [0.717, 1.165) is 11.4 Å². The number of rotatable bonds is 7. The van der Waals surface area contributed by atoms with Crippen molar-refractivity contribution in [3.8, 4) is 11.5 Å². The van der Waals surface area contributed by atoms with E-state index >= 15 is 0 Å². The van der Waals surface area contributed by atoms with E-state index in [2.05, 4.69) is 51.8 Å². The molecule has 0 bridgehead atoms. The second-order valence-electron chi connectivity index (χ2n) is 6.26. The number of methoxy groups -OCH3 is 2. The maximum atomic E-state index is 5.38. The molecule has 0 saturated carbocycles. The lowest BCUT2D eigenvalue weighted by Gasteiger charge is -2.12. The fourth-order valence-electron chi connectivity index (χ4n) is 2.54. The SMILES string of the molecule is COc1ccc(Nc2nncc(Nc3ccc(C(C)C)cc3)n2)c(OC)c1. The molecule has 2 N–H and O–H groups in total. The summed E-state index contributed by atoms with van der Waals surface area (Å²) in [4.78, 5) is 4.46. The molecule has 140 valence electrons. The quantitative estimate of drug-likeness (QED) is 0.638. The van der Waals surface area contributed by atoms with Gasteiger partial charge in [0, 0.05) is 11.8 Å². The van der Waals surface area contributed by atoms with Crippen LogP contribution < -0.4 is 20.1 Å². The van der Waals surface area contributed by atoms with Crippen molar-refractivity contribution in [2.75, 3.05) is 24.9 Å². The van der Waals surface area contributed by atoms with Crippen LogP contribution in [-0.4, -0.2) is 29.4 Å². The second kappa shape index (κ2) is 8.35. The first-order valence-electron chi connectivity index (χ1n) is 8.65. The van der Waals surface area contributed by atoms with Gasteiger partial charge in [-0.1, -0.05) is 26.0 Å². The summed E-state index contributed by atoms with van der Waals surface area (Å²) in [5, 5.41) is 14.4. The highest BCUT2D eigenvalue weighted by atomic mass is 16.5. The van der Waals surface area contributed by atoms with Gasteiger partial charge in [-0.2, -0.15) is 10.1 Å². The predicted octanol–water partition coefficient (Wildman–Crippen LogP) is 4.50. The summed E-state index contributed by atoms with van der Waals surface area (Å²) in [6.07, 6.45) is 1.58. The third-order valence-electron chi connectivity index (χ3n) is 4.06. The van der Waals surface area contributed by atoms with Crippen molar-refractivity contribution in [1.82, 2.24) is 15.2 Å². The van der Waals surface area contributed by atoms with Crippen molar-refractivity contribution in [3.63, 3.8) is 0 Å². The minimum Gasteiger partial charge on any atom is -0.497 e. The van der Waals surface area contributed by atoms with Crippen molar-refractivity contribution in [2.24, 2.45) is 0 Å². The number of benzene rings is 2. The highest BCUT2D eigenvalue weighted by molar-refractivity contribution is 5.65. The molecule has 0 fully saturated rings. The number of hydrogen-bond donors (Lipinski definition) is 2. The number of aromatic nitrogens is 3. The van der Waals surface area contributed by atoms with Crippen LogP contribution in [-0.2, 0) is 0 Å². The Labute approximate surface area is 158 Å². The summed E-state index contributed by atoms with van der Waals surface area (Å²) in [6, 6.07) is 13.7. The van der Waals surface area contributed by atoms with Gasteiger partial charge in [0.2, 0.25) is 5.95 Å². The molecule has 0 saturated heterocycles. The first-order valence-corrected chi connectivity index (χ1v) is 8.65. The first kappa shape index (κ1) is 18.4. The summed E-state index contributed by atoms with van der Waals surface area (Å²) in [6.45, 7) is 4.34. The van der Waals surface area contributed by atoms with E-state index in [0.29, 0.717) is 29.2 Å². The Bertz CT molecular complexity index is 897. The van der Waals surface area contributed by atoms with E-state index in [9.17, 15) is 0 Å². The Morgan fingerprint density at radius 1 is 0.926 bits per heavy atom. The number of hydrogen-bond acceptors (Lipinski definition) is 7. The number of ether oxygens (including phenoxy) is 2. The molecule has 0 amide bonds. The Kier molecular flexibility index (Phi) is 5.71. The number of anilines is 4. The van der Waals surface area contributed by atoms with Crippen LogP contribution >= 0.6 is 0 Å². The highest BCUT2D eigenvalue weighted by Crippen LogP contribution is 2.30. The lowest BCUT2D eigenvalue weighted by molar-refractivity contribution is 0.395. The molecule has 7 nitrogen and oxygen atoms in total. The topological polar surface area (TPSA) is 81.2 Å². The van der Waals surface area contributed by atoms with Crippen molar-refractivity contribution in [2.45, 2.75) is 19.8 Å².